The number of aryl methyl sites for hydroxylation is 1. The monoisotopic (exact) mass is 331 g/mol. The minimum Gasteiger partial charge on any atom is -0.401 e. The minimum atomic E-state index is -0.655. The molecule has 118 valence electrons. The number of anilines is 1. The molecule has 2 heterocycles. The fourth-order valence-corrected chi connectivity index (χ4v) is 3.15. The molecule has 0 aliphatic rings. The Bertz CT molecular complexity index is 826. The number of hydrogen-bond acceptors (Lipinski definition) is 6. The van der Waals surface area contributed by atoms with Crippen molar-refractivity contribution in [2.45, 2.75) is 20.3 Å². The van der Waals surface area contributed by atoms with Gasteiger partial charge >= 0.3 is 5.88 Å². The van der Waals surface area contributed by atoms with Crippen LogP contribution >= 0.6 is 11.3 Å². The molecule has 0 saturated heterocycles. The van der Waals surface area contributed by atoms with E-state index < -0.39 is 16.7 Å². The van der Waals surface area contributed by atoms with Crippen molar-refractivity contribution in [3.63, 3.8) is 0 Å². The largest absolute Gasteiger partial charge is 0.433 e. The summed E-state index contributed by atoms with van der Waals surface area (Å²) in [6.45, 7) is 3.85. The fraction of sp³-hybridized carbons (Fsp3) is 0.200. The summed E-state index contributed by atoms with van der Waals surface area (Å²) in [6.07, 6.45) is 3.24. The molecule has 0 aliphatic heterocycles. The lowest BCUT2D eigenvalue weighted by Gasteiger charge is -1.99. The highest BCUT2D eigenvalue weighted by atomic mass is 32.1. The quantitative estimate of drug-likeness (QED) is 0.511. The first-order valence-corrected chi connectivity index (χ1v) is 7.53. The van der Waals surface area contributed by atoms with Gasteiger partial charge in [0.25, 0.3) is 0 Å². The lowest BCUT2D eigenvalue weighted by Crippen LogP contribution is -2.07. The van der Waals surface area contributed by atoms with Gasteiger partial charge in [0.05, 0.1) is 11.6 Å². The molecule has 23 heavy (non-hydrogen) atoms. The highest BCUT2D eigenvalue weighted by Crippen LogP contribution is 2.32. The summed E-state index contributed by atoms with van der Waals surface area (Å²) in [4.78, 5) is 22.8. The van der Waals surface area contributed by atoms with Gasteiger partial charge < -0.3 is 9.73 Å². The zero-order valence-corrected chi connectivity index (χ0v) is 13.3. The van der Waals surface area contributed by atoms with Gasteiger partial charge in [-0.25, -0.2) is 0 Å². The molecular formula is C15H13N3O4S. The van der Waals surface area contributed by atoms with E-state index in [1.165, 1.54) is 35.6 Å². The van der Waals surface area contributed by atoms with E-state index in [1.807, 2.05) is 13.8 Å². The summed E-state index contributed by atoms with van der Waals surface area (Å²) in [5.41, 5.74) is 1.41. The number of nitrogens with one attached hydrogen (secondary N) is 1. The van der Waals surface area contributed by atoms with Crippen molar-refractivity contribution in [2.75, 3.05) is 5.32 Å². The number of carbonyl (C=O) groups is 1. The number of nitriles is 1. The number of nitrogens with zero attached hydrogens (tertiary/aromatic N) is 2. The molecule has 0 bridgehead atoms. The SMILES string of the molecule is CCc1c(C)sc(NC(=O)C=Cc2ccc([N+](=O)[O-])o2)c1C#N. The molecular weight excluding hydrogens is 318 g/mol. The number of carbonyl (C=O) groups excluding carboxylic acids is 1. The molecule has 7 nitrogen and oxygen atoms in total. The molecule has 2 aromatic rings. The normalized spacial score (nSPS) is 10.7. The van der Waals surface area contributed by atoms with Crippen LogP contribution in [0.25, 0.3) is 6.08 Å². The molecule has 2 aromatic heterocycles. The maximum absolute atomic E-state index is 11.9. The fourth-order valence-electron chi connectivity index (χ4n) is 2.05. The molecule has 1 amide bonds. The van der Waals surface area contributed by atoms with Crippen LogP contribution in [0.2, 0.25) is 0 Å². The van der Waals surface area contributed by atoms with Crippen molar-refractivity contribution < 1.29 is 14.1 Å². The van der Waals surface area contributed by atoms with Crippen LogP contribution in [0.4, 0.5) is 10.9 Å². The molecule has 8 heteroatoms. The first kappa shape index (κ1) is 16.5. The van der Waals surface area contributed by atoms with Gasteiger partial charge in [-0.1, -0.05) is 6.92 Å². The molecule has 0 unspecified atom stereocenters. The van der Waals surface area contributed by atoms with E-state index in [0.29, 0.717) is 17.0 Å². The van der Waals surface area contributed by atoms with Crippen molar-refractivity contribution in [1.82, 2.24) is 0 Å². The second-order valence-electron chi connectivity index (χ2n) is 4.56. The topological polar surface area (TPSA) is 109 Å². The number of furan rings is 1. The Hall–Kier alpha value is -2.92. The smallest absolute Gasteiger partial charge is 0.401 e. The summed E-state index contributed by atoms with van der Waals surface area (Å²) in [5, 5.41) is 22.9. The van der Waals surface area contributed by atoms with Crippen LogP contribution in [0.1, 0.15) is 28.7 Å². The second kappa shape index (κ2) is 6.89. The summed E-state index contributed by atoms with van der Waals surface area (Å²) in [7, 11) is 0. The molecule has 0 spiro atoms. The van der Waals surface area contributed by atoms with Crippen LogP contribution < -0.4 is 5.32 Å². The predicted octanol–water partition coefficient (Wildman–Crippen LogP) is 3.64. The standard InChI is InChI=1S/C15H13N3O4S/c1-3-11-9(2)23-15(12(11)8-16)17-13(19)6-4-10-5-7-14(22-10)18(20)21/h4-7H,3H2,1-2H3,(H,17,19). The van der Waals surface area contributed by atoms with Crippen molar-refractivity contribution >= 4 is 34.2 Å². The number of nitro groups is 1. The maximum Gasteiger partial charge on any atom is 0.433 e. The molecule has 0 radical (unpaired) electrons. The van der Waals surface area contributed by atoms with Gasteiger partial charge in [0.1, 0.15) is 21.8 Å². The van der Waals surface area contributed by atoms with Gasteiger partial charge in [0.15, 0.2) is 0 Å². The van der Waals surface area contributed by atoms with E-state index in [0.717, 1.165) is 10.4 Å². The highest BCUT2D eigenvalue weighted by molar-refractivity contribution is 7.16. The molecule has 0 saturated carbocycles. The molecule has 0 atom stereocenters. The van der Waals surface area contributed by atoms with Crippen LogP contribution in [0.3, 0.4) is 0 Å². The lowest BCUT2D eigenvalue weighted by molar-refractivity contribution is -0.402. The summed E-state index contributed by atoms with van der Waals surface area (Å²) in [5.74, 6) is -0.633. The Morgan fingerprint density at radius 3 is 2.87 bits per heavy atom. The van der Waals surface area contributed by atoms with Gasteiger partial charge in [-0.05, 0) is 31.1 Å². The van der Waals surface area contributed by atoms with E-state index in [-0.39, 0.29) is 5.76 Å². The van der Waals surface area contributed by atoms with Gasteiger partial charge in [0.2, 0.25) is 5.91 Å². The van der Waals surface area contributed by atoms with Crippen LogP contribution in [-0.2, 0) is 11.2 Å². The average molecular weight is 331 g/mol. The van der Waals surface area contributed by atoms with Gasteiger partial charge in [-0.2, -0.15) is 5.26 Å². The van der Waals surface area contributed by atoms with Crippen molar-refractivity contribution in [2.24, 2.45) is 0 Å². The first-order valence-electron chi connectivity index (χ1n) is 6.72. The van der Waals surface area contributed by atoms with E-state index >= 15 is 0 Å². The Labute approximate surface area is 136 Å². The average Bonchev–Trinajstić information content (AvgIpc) is 3.09. The van der Waals surface area contributed by atoms with Crippen molar-refractivity contribution in [1.29, 1.82) is 5.26 Å². The van der Waals surface area contributed by atoms with Gasteiger partial charge in [0, 0.05) is 11.0 Å². The third-order valence-electron chi connectivity index (χ3n) is 3.10. The van der Waals surface area contributed by atoms with Crippen LogP contribution in [0.15, 0.2) is 22.6 Å². The van der Waals surface area contributed by atoms with Crippen molar-refractivity contribution in [3.8, 4) is 6.07 Å². The molecule has 0 fully saturated rings. The van der Waals surface area contributed by atoms with E-state index in [2.05, 4.69) is 11.4 Å². The predicted molar refractivity (Wildman–Crippen MR) is 86.2 cm³/mol. The highest BCUT2D eigenvalue weighted by Gasteiger charge is 2.15. The maximum atomic E-state index is 11.9. The third-order valence-corrected chi connectivity index (χ3v) is 4.17. The minimum absolute atomic E-state index is 0.198. The van der Waals surface area contributed by atoms with Gasteiger partial charge in [-0.15, -0.1) is 11.3 Å². The summed E-state index contributed by atoms with van der Waals surface area (Å²) in [6, 6.07) is 4.71. The first-order chi connectivity index (χ1) is 11.0. The number of hydrogen-bond donors (Lipinski definition) is 1. The van der Waals surface area contributed by atoms with Gasteiger partial charge in [-0.3, -0.25) is 14.9 Å². The van der Waals surface area contributed by atoms with E-state index in [9.17, 15) is 20.2 Å². The Kier molecular flexibility index (Phi) is 4.93. The lowest BCUT2D eigenvalue weighted by atomic mass is 10.1. The van der Waals surface area contributed by atoms with Crippen LogP contribution in [0.5, 0.6) is 0 Å². The number of amides is 1. The van der Waals surface area contributed by atoms with Crippen molar-refractivity contribution in [3.05, 3.63) is 50.1 Å². The van der Waals surface area contributed by atoms with E-state index in [4.69, 9.17) is 4.42 Å². The zero-order valence-electron chi connectivity index (χ0n) is 12.5. The second-order valence-corrected chi connectivity index (χ2v) is 5.79. The van der Waals surface area contributed by atoms with E-state index in [1.54, 1.807) is 0 Å². The van der Waals surface area contributed by atoms with Crippen LogP contribution in [-0.4, -0.2) is 10.8 Å². The zero-order chi connectivity index (χ0) is 17.0. The molecule has 0 aromatic carbocycles. The Balaban J connectivity index is 2.12. The summed E-state index contributed by atoms with van der Waals surface area (Å²) < 4.78 is 4.92. The molecule has 1 N–H and O–H groups in total. The number of rotatable bonds is 5. The summed E-state index contributed by atoms with van der Waals surface area (Å²) >= 11 is 1.35. The number of thiophene rings is 1. The molecule has 2 rings (SSSR count). The third kappa shape index (κ3) is 3.64. The Morgan fingerprint density at radius 1 is 1.57 bits per heavy atom. The molecule has 0 aliphatic carbocycles. The Morgan fingerprint density at radius 2 is 2.30 bits per heavy atom. The van der Waals surface area contributed by atoms with Crippen LogP contribution in [0, 0.1) is 28.4 Å².